The molecular formula is C8H15N3. The maximum absolute atomic E-state index is 5.29. The fraction of sp³-hybridized carbons (Fsp3) is 0.500. The van der Waals surface area contributed by atoms with Crippen LogP contribution in [0.1, 0.15) is 25.4 Å². The second-order valence-electron chi connectivity index (χ2n) is 1.82. The first-order valence-electron chi connectivity index (χ1n) is 3.81. The molecule has 11 heavy (non-hydrogen) atoms. The number of hydrogen-bond donors (Lipinski definition) is 1. The summed E-state index contributed by atoms with van der Waals surface area (Å²) in [6.07, 6.45) is 1.71. The Labute approximate surface area is 67.7 Å². The normalized spacial score (nSPS) is 8.36. The van der Waals surface area contributed by atoms with E-state index in [0.717, 1.165) is 5.69 Å². The van der Waals surface area contributed by atoms with E-state index in [1.165, 1.54) is 0 Å². The minimum Gasteiger partial charge on any atom is -0.324 e. The van der Waals surface area contributed by atoms with Gasteiger partial charge in [0.1, 0.15) is 5.82 Å². The van der Waals surface area contributed by atoms with Crippen LogP contribution in [0.3, 0.4) is 0 Å². The van der Waals surface area contributed by atoms with Gasteiger partial charge in [0.25, 0.3) is 0 Å². The Balaban J connectivity index is 0.000000461. The fourth-order valence-electron chi connectivity index (χ4n) is 0.599. The van der Waals surface area contributed by atoms with Gasteiger partial charge >= 0.3 is 0 Å². The summed E-state index contributed by atoms with van der Waals surface area (Å²) in [6, 6.07) is 1.85. The Morgan fingerprint density at radius 1 is 1.45 bits per heavy atom. The lowest BCUT2D eigenvalue weighted by atomic mass is 10.4. The lowest BCUT2D eigenvalue weighted by Gasteiger charge is -1.93. The monoisotopic (exact) mass is 153 g/mol. The van der Waals surface area contributed by atoms with Crippen LogP contribution in [-0.4, -0.2) is 9.97 Å². The van der Waals surface area contributed by atoms with Crippen molar-refractivity contribution in [2.24, 2.45) is 5.73 Å². The maximum atomic E-state index is 5.29. The third-order valence-corrected chi connectivity index (χ3v) is 1.03. The van der Waals surface area contributed by atoms with Crippen LogP contribution in [0.25, 0.3) is 0 Å². The van der Waals surface area contributed by atoms with Crippen LogP contribution in [0.4, 0.5) is 0 Å². The molecule has 0 aliphatic carbocycles. The van der Waals surface area contributed by atoms with Crippen molar-refractivity contribution in [2.45, 2.75) is 27.3 Å². The summed E-state index contributed by atoms with van der Waals surface area (Å²) in [4.78, 5) is 7.98. The topological polar surface area (TPSA) is 51.8 Å². The SMILES string of the molecule is CC.Cc1ccnc(CN)n1. The van der Waals surface area contributed by atoms with Crippen molar-refractivity contribution in [3.63, 3.8) is 0 Å². The standard InChI is InChI=1S/C6H9N3.C2H6/c1-5-2-3-8-6(4-7)9-5;1-2/h2-3H,4,7H2,1H3;1-2H3. The highest BCUT2D eigenvalue weighted by Gasteiger charge is 1.89. The van der Waals surface area contributed by atoms with Gasteiger partial charge in [-0.1, -0.05) is 13.8 Å². The van der Waals surface area contributed by atoms with E-state index in [2.05, 4.69) is 9.97 Å². The summed E-state index contributed by atoms with van der Waals surface area (Å²) < 4.78 is 0. The van der Waals surface area contributed by atoms with Crippen molar-refractivity contribution in [1.82, 2.24) is 9.97 Å². The molecule has 2 N–H and O–H groups in total. The molecule has 0 amide bonds. The van der Waals surface area contributed by atoms with Crippen LogP contribution in [0.5, 0.6) is 0 Å². The Bertz CT molecular complexity index is 198. The Hall–Kier alpha value is -0.960. The van der Waals surface area contributed by atoms with E-state index >= 15 is 0 Å². The molecule has 0 spiro atoms. The molecule has 0 aromatic carbocycles. The molecule has 3 nitrogen and oxygen atoms in total. The van der Waals surface area contributed by atoms with E-state index in [-0.39, 0.29) is 0 Å². The average Bonchev–Trinajstić information content (AvgIpc) is 2.08. The zero-order chi connectivity index (χ0) is 8.69. The number of nitrogens with zero attached hydrogens (tertiary/aromatic N) is 2. The van der Waals surface area contributed by atoms with Gasteiger partial charge in [0.05, 0.1) is 6.54 Å². The van der Waals surface area contributed by atoms with Gasteiger partial charge in [-0.05, 0) is 13.0 Å². The second kappa shape index (κ2) is 5.80. The number of nitrogens with two attached hydrogens (primary N) is 1. The van der Waals surface area contributed by atoms with Crippen LogP contribution >= 0.6 is 0 Å². The van der Waals surface area contributed by atoms with E-state index in [9.17, 15) is 0 Å². The van der Waals surface area contributed by atoms with Gasteiger partial charge in [0.2, 0.25) is 0 Å². The quantitative estimate of drug-likeness (QED) is 0.661. The van der Waals surface area contributed by atoms with Gasteiger partial charge in [-0.15, -0.1) is 0 Å². The molecule has 0 aliphatic heterocycles. The molecule has 1 heterocycles. The maximum Gasteiger partial charge on any atom is 0.142 e. The number of rotatable bonds is 1. The molecule has 3 heteroatoms. The van der Waals surface area contributed by atoms with Crippen LogP contribution in [0.15, 0.2) is 12.3 Å². The molecule has 62 valence electrons. The first-order chi connectivity index (χ1) is 5.33. The molecule has 1 rings (SSSR count). The van der Waals surface area contributed by atoms with Gasteiger partial charge in [-0.2, -0.15) is 0 Å². The Morgan fingerprint density at radius 3 is 2.45 bits per heavy atom. The van der Waals surface area contributed by atoms with Crippen molar-refractivity contribution in [2.75, 3.05) is 0 Å². The van der Waals surface area contributed by atoms with E-state index in [0.29, 0.717) is 12.4 Å². The Kier molecular flexibility index (Phi) is 5.29. The zero-order valence-electron chi connectivity index (χ0n) is 7.33. The van der Waals surface area contributed by atoms with Gasteiger partial charge in [-0.3, -0.25) is 0 Å². The van der Waals surface area contributed by atoms with Gasteiger partial charge in [-0.25, -0.2) is 9.97 Å². The van der Waals surface area contributed by atoms with Crippen molar-refractivity contribution >= 4 is 0 Å². The average molecular weight is 153 g/mol. The molecule has 0 unspecified atom stereocenters. The highest BCUT2D eigenvalue weighted by molar-refractivity contribution is 4.98. The molecule has 0 atom stereocenters. The predicted octanol–water partition coefficient (Wildman–Crippen LogP) is 1.27. The Morgan fingerprint density at radius 2 is 2.09 bits per heavy atom. The molecule has 0 radical (unpaired) electrons. The molecule has 0 saturated carbocycles. The van der Waals surface area contributed by atoms with Gasteiger partial charge in [0, 0.05) is 11.9 Å². The minimum absolute atomic E-state index is 0.418. The van der Waals surface area contributed by atoms with Gasteiger partial charge in [0.15, 0.2) is 0 Å². The predicted molar refractivity (Wildman–Crippen MR) is 46.0 cm³/mol. The second-order valence-corrected chi connectivity index (χ2v) is 1.82. The van der Waals surface area contributed by atoms with Crippen molar-refractivity contribution in [3.8, 4) is 0 Å². The molecule has 1 aromatic heterocycles. The summed E-state index contributed by atoms with van der Waals surface area (Å²) >= 11 is 0. The van der Waals surface area contributed by atoms with Crippen molar-refractivity contribution in [3.05, 3.63) is 23.8 Å². The first-order valence-corrected chi connectivity index (χ1v) is 3.81. The molecule has 0 saturated heterocycles. The summed E-state index contributed by atoms with van der Waals surface area (Å²) in [5.41, 5.74) is 6.26. The number of aryl methyl sites for hydroxylation is 1. The minimum atomic E-state index is 0.418. The summed E-state index contributed by atoms with van der Waals surface area (Å²) in [7, 11) is 0. The first kappa shape index (κ1) is 10.0. The van der Waals surface area contributed by atoms with Crippen molar-refractivity contribution in [1.29, 1.82) is 0 Å². The summed E-state index contributed by atoms with van der Waals surface area (Å²) in [5, 5.41) is 0. The highest BCUT2D eigenvalue weighted by atomic mass is 14.9. The number of aromatic nitrogens is 2. The molecule has 1 aromatic rings. The lowest BCUT2D eigenvalue weighted by molar-refractivity contribution is 0.891. The van der Waals surface area contributed by atoms with E-state index < -0.39 is 0 Å². The third-order valence-electron chi connectivity index (χ3n) is 1.03. The smallest absolute Gasteiger partial charge is 0.142 e. The molecular weight excluding hydrogens is 138 g/mol. The fourth-order valence-corrected chi connectivity index (χ4v) is 0.599. The van der Waals surface area contributed by atoms with E-state index in [4.69, 9.17) is 5.73 Å². The zero-order valence-corrected chi connectivity index (χ0v) is 7.33. The molecule has 0 fully saturated rings. The van der Waals surface area contributed by atoms with Crippen LogP contribution < -0.4 is 5.73 Å². The van der Waals surface area contributed by atoms with E-state index in [1.54, 1.807) is 6.20 Å². The third kappa shape index (κ3) is 3.68. The lowest BCUT2D eigenvalue weighted by Crippen LogP contribution is -2.02. The summed E-state index contributed by atoms with van der Waals surface area (Å²) in [5.74, 6) is 0.704. The number of hydrogen-bond acceptors (Lipinski definition) is 3. The van der Waals surface area contributed by atoms with Crippen molar-refractivity contribution < 1.29 is 0 Å². The highest BCUT2D eigenvalue weighted by Crippen LogP contribution is 1.90. The van der Waals surface area contributed by atoms with Crippen LogP contribution in [0, 0.1) is 6.92 Å². The van der Waals surface area contributed by atoms with E-state index in [1.807, 2.05) is 26.8 Å². The van der Waals surface area contributed by atoms with Crippen LogP contribution in [0.2, 0.25) is 0 Å². The summed E-state index contributed by atoms with van der Waals surface area (Å²) in [6.45, 7) is 6.34. The largest absolute Gasteiger partial charge is 0.324 e. The van der Waals surface area contributed by atoms with Gasteiger partial charge < -0.3 is 5.73 Å². The molecule has 0 bridgehead atoms. The van der Waals surface area contributed by atoms with Crippen LogP contribution in [-0.2, 0) is 6.54 Å². The molecule has 0 aliphatic rings.